The number of aromatic nitrogens is 4. The van der Waals surface area contributed by atoms with Crippen molar-refractivity contribution >= 4 is 71.4 Å². The van der Waals surface area contributed by atoms with Gasteiger partial charge in [-0.1, -0.05) is 84.8 Å². The highest BCUT2D eigenvalue weighted by Gasteiger charge is 2.21. The Morgan fingerprint density at radius 2 is 1.14 bits per heavy atom. The number of para-hydroxylation sites is 3. The molecular formula is C47H30N4. The van der Waals surface area contributed by atoms with E-state index < -0.39 is 0 Å². The third-order valence-electron chi connectivity index (χ3n) is 10.3. The number of fused-ring (bicyclic) bond motifs is 10. The van der Waals surface area contributed by atoms with Crippen molar-refractivity contribution in [2.75, 3.05) is 0 Å². The molecule has 0 aliphatic heterocycles. The van der Waals surface area contributed by atoms with Crippen molar-refractivity contribution in [2.45, 2.75) is 6.92 Å². The van der Waals surface area contributed by atoms with Gasteiger partial charge in [-0.05, 0) is 96.1 Å². The Morgan fingerprint density at radius 1 is 0.569 bits per heavy atom. The summed E-state index contributed by atoms with van der Waals surface area (Å²) >= 11 is 0. The average molecular weight is 651 g/mol. The molecule has 10 rings (SSSR count). The zero-order chi connectivity index (χ0) is 34.1. The molecule has 0 saturated carbocycles. The fourth-order valence-electron chi connectivity index (χ4n) is 8.05. The molecule has 0 unspecified atom stereocenters. The van der Waals surface area contributed by atoms with Crippen LogP contribution in [0.3, 0.4) is 0 Å². The maximum atomic E-state index is 5.68. The molecule has 0 saturated heterocycles. The molecule has 0 atom stereocenters. The zero-order valence-corrected chi connectivity index (χ0v) is 27.9. The van der Waals surface area contributed by atoms with Gasteiger partial charge in [-0.3, -0.25) is 0 Å². The second-order valence-electron chi connectivity index (χ2n) is 13.0. The summed E-state index contributed by atoms with van der Waals surface area (Å²) in [5.41, 5.74) is 10.9. The predicted molar refractivity (Wildman–Crippen MR) is 214 cm³/mol. The van der Waals surface area contributed by atoms with Crippen LogP contribution in [0.1, 0.15) is 11.1 Å². The molecule has 51 heavy (non-hydrogen) atoms. The SMILES string of the molecule is C#C/C=C\c1c(C)c2ccccc2c2cnc(-c3ccc4c(c3)c3c5c6ccccc6n(-c6ccccc6)c5ccc3n4-c3ccccc3)nc12. The number of nitrogens with zero attached hydrogens (tertiary/aromatic N) is 4. The number of rotatable bonds is 4. The Hall–Kier alpha value is -6.96. The van der Waals surface area contributed by atoms with Crippen LogP contribution in [0.15, 0.2) is 152 Å². The third kappa shape index (κ3) is 4.29. The van der Waals surface area contributed by atoms with E-state index >= 15 is 0 Å². The minimum atomic E-state index is 0.675. The first-order valence-electron chi connectivity index (χ1n) is 17.1. The fraction of sp³-hybridized carbons (Fsp3) is 0.0213. The summed E-state index contributed by atoms with van der Waals surface area (Å²) in [6, 6.07) is 49.6. The highest BCUT2D eigenvalue weighted by Crippen LogP contribution is 2.43. The van der Waals surface area contributed by atoms with E-state index in [1.807, 2.05) is 12.3 Å². The number of terminal acetylenes is 1. The molecule has 10 aromatic rings. The molecule has 0 amide bonds. The summed E-state index contributed by atoms with van der Waals surface area (Å²) in [6.45, 7) is 2.14. The zero-order valence-electron chi connectivity index (χ0n) is 27.9. The Morgan fingerprint density at radius 3 is 1.82 bits per heavy atom. The second-order valence-corrected chi connectivity index (χ2v) is 13.0. The van der Waals surface area contributed by atoms with Crippen molar-refractivity contribution in [1.82, 2.24) is 19.1 Å². The van der Waals surface area contributed by atoms with Gasteiger partial charge in [0.05, 0.1) is 27.6 Å². The molecule has 3 aromatic heterocycles. The lowest BCUT2D eigenvalue weighted by Gasteiger charge is -2.13. The smallest absolute Gasteiger partial charge is 0.159 e. The summed E-state index contributed by atoms with van der Waals surface area (Å²) < 4.78 is 4.76. The highest BCUT2D eigenvalue weighted by molar-refractivity contribution is 6.29. The first kappa shape index (κ1) is 29.0. The van der Waals surface area contributed by atoms with Crippen LogP contribution in [0.4, 0.5) is 0 Å². The van der Waals surface area contributed by atoms with Crippen LogP contribution in [0, 0.1) is 19.3 Å². The molecule has 0 aliphatic carbocycles. The third-order valence-corrected chi connectivity index (χ3v) is 10.3. The number of benzene rings is 7. The van der Waals surface area contributed by atoms with Crippen LogP contribution in [0.5, 0.6) is 0 Å². The number of hydrogen-bond acceptors (Lipinski definition) is 2. The molecule has 0 fully saturated rings. The van der Waals surface area contributed by atoms with Gasteiger partial charge in [-0.25, -0.2) is 9.97 Å². The molecule has 0 radical (unpaired) electrons. The van der Waals surface area contributed by atoms with Gasteiger partial charge in [0, 0.05) is 55.6 Å². The van der Waals surface area contributed by atoms with Crippen LogP contribution >= 0.6 is 0 Å². The lowest BCUT2D eigenvalue weighted by Crippen LogP contribution is -1.96. The number of aryl methyl sites for hydroxylation is 1. The summed E-state index contributed by atoms with van der Waals surface area (Å²) in [5, 5.41) is 8.12. The lowest BCUT2D eigenvalue weighted by molar-refractivity contribution is 1.17. The van der Waals surface area contributed by atoms with Crippen molar-refractivity contribution in [3.05, 3.63) is 163 Å². The minimum absolute atomic E-state index is 0.675. The van der Waals surface area contributed by atoms with Crippen LogP contribution in [0.2, 0.25) is 0 Å². The maximum absolute atomic E-state index is 5.68. The van der Waals surface area contributed by atoms with Crippen molar-refractivity contribution in [1.29, 1.82) is 0 Å². The molecule has 0 N–H and O–H groups in total. The van der Waals surface area contributed by atoms with Gasteiger partial charge < -0.3 is 9.13 Å². The Balaban J connectivity index is 1.31. The van der Waals surface area contributed by atoms with Gasteiger partial charge in [0.1, 0.15) is 0 Å². The fourth-order valence-corrected chi connectivity index (χ4v) is 8.05. The number of hydrogen-bond donors (Lipinski definition) is 0. The monoisotopic (exact) mass is 650 g/mol. The first-order chi connectivity index (χ1) is 25.2. The molecule has 3 heterocycles. The van der Waals surface area contributed by atoms with E-state index in [2.05, 4.69) is 162 Å². The predicted octanol–water partition coefficient (Wildman–Crippen LogP) is 11.6. The van der Waals surface area contributed by atoms with Crippen molar-refractivity contribution in [2.24, 2.45) is 0 Å². The van der Waals surface area contributed by atoms with Gasteiger partial charge in [-0.2, -0.15) is 0 Å². The summed E-state index contributed by atoms with van der Waals surface area (Å²) in [6.07, 6.45) is 11.4. The molecule has 0 bridgehead atoms. The van der Waals surface area contributed by atoms with Crippen LogP contribution in [-0.2, 0) is 0 Å². The van der Waals surface area contributed by atoms with Crippen LogP contribution in [0.25, 0.3) is 94.1 Å². The topological polar surface area (TPSA) is 35.6 Å². The molecule has 0 aliphatic rings. The van der Waals surface area contributed by atoms with Crippen molar-refractivity contribution < 1.29 is 0 Å². The summed E-state index contributed by atoms with van der Waals surface area (Å²) in [7, 11) is 0. The Bertz CT molecular complexity index is 3080. The minimum Gasteiger partial charge on any atom is -0.309 e. The van der Waals surface area contributed by atoms with E-state index in [4.69, 9.17) is 16.4 Å². The van der Waals surface area contributed by atoms with Gasteiger partial charge in [0.25, 0.3) is 0 Å². The van der Waals surface area contributed by atoms with E-state index in [9.17, 15) is 0 Å². The second kappa shape index (κ2) is 11.3. The van der Waals surface area contributed by atoms with Crippen LogP contribution < -0.4 is 0 Å². The van der Waals surface area contributed by atoms with E-state index in [0.717, 1.165) is 60.8 Å². The normalized spacial score (nSPS) is 11.9. The first-order valence-corrected chi connectivity index (χ1v) is 17.1. The maximum Gasteiger partial charge on any atom is 0.159 e. The standard InChI is InChI=1S/C47H30N4/c1-3-4-19-35-30(2)34-20-11-12-21-36(34)39-29-48-47(49-46(35)39)31-24-25-41-38(28-31)45-43(51(41)33-17-9-6-10-18-33)27-26-42-44(45)37-22-13-14-23-40(37)50(42)32-15-7-5-8-16-32/h1,4-29H,2H3/b19-4-. The summed E-state index contributed by atoms with van der Waals surface area (Å²) in [4.78, 5) is 10.3. The highest BCUT2D eigenvalue weighted by atomic mass is 15.0. The molecule has 0 spiro atoms. The average Bonchev–Trinajstić information content (AvgIpc) is 3.71. The quantitative estimate of drug-likeness (QED) is 0.140. The van der Waals surface area contributed by atoms with E-state index in [1.165, 1.54) is 32.6 Å². The van der Waals surface area contributed by atoms with Gasteiger partial charge in [0.15, 0.2) is 5.82 Å². The molecular weight excluding hydrogens is 621 g/mol. The summed E-state index contributed by atoms with van der Waals surface area (Å²) in [5.74, 6) is 3.34. The lowest BCUT2D eigenvalue weighted by atomic mass is 9.95. The largest absolute Gasteiger partial charge is 0.309 e. The molecule has 4 heteroatoms. The van der Waals surface area contributed by atoms with Gasteiger partial charge in [-0.15, -0.1) is 6.42 Å². The molecule has 238 valence electrons. The molecule has 7 aromatic carbocycles. The molecule has 4 nitrogen and oxygen atoms in total. The number of allylic oxidation sites excluding steroid dienone is 1. The van der Waals surface area contributed by atoms with Crippen LogP contribution in [-0.4, -0.2) is 19.1 Å². The van der Waals surface area contributed by atoms with Crippen molar-refractivity contribution in [3.63, 3.8) is 0 Å². The van der Waals surface area contributed by atoms with Gasteiger partial charge >= 0.3 is 0 Å². The Labute approximate surface area is 294 Å². The Kier molecular flexibility index (Phi) is 6.43. The van der Waals surface area contributed by atoms with E-state index in [-0.39, 0.29) is 0 Å². The van der Waals surface area contributed by atoms with E-state index in [0.29, 0.717) is 5.82 Å². The van der Waals surface area contributed by atoms with Gasteiger partial charge in [0.2, 0.25) is 0 Å². The van der Waals surface area contributed by atoms with Crippen molar-refractivity contribution in [3.8, 4) is 35.1 Å². The van der Waals surface area contributed by atoms with E-state index in [1.54, 1.807) is 6.08 Å².